The normalized spacial score (nSPS) is 13.9. The second kappa shape index (κ2) is 16.9. The molecule has 1 aliphatic rings. The van der Waals surface area contributed by atoms with E-state index >= 15 is 0 Å². The molecule has 3 aromatic rings. The van der Waals surface area contributed by atoms with E-state index in [0.29, 0.717) is 5.75 Å². The Kier molecular flexibility index (Phi) is 15.1. The minimum absolute atomic E-state index is 0. The molecule has 0 aromatic heterocycles. The first kappa shape index (κ1) is 36.6. The van der Waals surface area contributed by atoms with Crippen LogP contribution in [0.3, 0.4) is 0 Å². The van der Waals surface area contributed by atoms with Crippen molar-refractivity contribution in [1.29, 1.82) is 0 Å². The van der Waals surface area contributed by atoms with Gasteiger partial charge in [0.25, 0.3) is 0 Å². The van der Waals surface area contributed by atoms with Crippen LogP contribution in [0.15, 0.2) is 60.7 Å². The molecule has 0 unspecified atom stereocenters. The van der Waals surface area contributed by atoms with Crippen LogP contribution >= 0.6 is 7.92 Å². The zero-order chi connectivity index (χ0) is 28.6. The summed E-state index contributed by atoms with van der Waals surface area (Å²) in [4.78, 5) is 0. The fourth-order valence-electron chi connectivity index (χ4n) is 5.47. The van der Waals surface area contributed by atoms with Crippen LogP contribution in [0, 0.1) is 34.6 Å². The smallest absolute Gasteiger partial charge is 0.162 e. The third-order valence-corrected chi connectivity index (χ3v) is 10.5. The van der Waals surface area contributed by atoms with Gasteiger partial charge in [-0.05, 0) is 67.5 Å². The zero-order valence-corrected chi connectivity index (χ0v) is 28.5. The second-order valence-corrected chi connectivity index (χ2v) is 13.6. The molecule has 0 radical (unpaired) electrons. The summed E-state index contributed by atoms with van der Waals surface area (Å²) in [5, 5.41) is 14.9. The van der Waals surface area contributed by atoms with Crippen molar-refractivity contribution >= 4 is 23.8 Å². The monoisotopic (exact) mass is 619 g/mol. The molecule has 5 heteroatoms. The average molecular weight is 620 g/mol. The van der Waals surface area contributed by atoms with Crippen LogP contribution in [0.25, 0.3) is 0 Å². The molecule has 1 N–H and O–H groups in total. The molecule has 0 saturated heterocycles. The van der Waals surface area contributed by atoms with Crippen LogP contribution in [-0.2, 0) is 21.9 Å². The maximum Gasteiger partial charge on any atom is 0.162 e. The van der Waals surface area contributed by atoms with Gasteiger partial charge >= 0.3 is 0 Å². The molecule has 0 aliphatic heterocycles. The van der Waals surface area contributed by atoms with Gasteiger partial charge in [0.2, 0.25) is 0 Å². The number of ether oxygens (including phenoxy) is 2. The quantitative estimate of drug-likeness (QED) is 0.135. The van der Waals surface area contributed by atoms with Gasteiger partial charge in [0.05, 0.1) is 14.2 Å². The summed E-state index contributed by atoms with van der Waals surface area (Å²) in [5.74, 6) is 2.07. The maximum absolute atomic E-state index is 11.7. The molecule has 0 atom stereocenters. The van der Waals surface area contributed by atoms with Gasteiger partial charge in [-0.3, -0.25) is 0 Å². The molecule has 0 amide bonds. The first-order chi connectivity index (χ1) is 18.6. The molecular formula is C36H50NiO3P+. The number of benzene rings is 3. The Bertz CT molecular complexity index is 1210. The molecule has 41 heavy (non-hydrogen) atoms. The van der Waals surface area contributed by atoms with Crippen LogP contribution < -0.4 is 25.4 Å². The zero-order valence-electron chi connectivity index (χ0n) is 26.5. The van der Waals surface area contributed by atoms with Crippen LogP contribution in [0.4, 0.5) is 0 Å². The van der Waals surface area contributed by atoms with Crippen molar-refractivity contribution in [2.24, 2.45) is 0 Å². The number of aromatic hydroxyl groups is 1. The Balaban J connectivity index is 0.000000726. The fourth-order valence-corrected chi connectivity index (χ4v) is 8.69. The van der Waals surface area contributed by atoms with Gasteiger partial charge in [0, 0.05) is 29.5 Å². The van der Waals surface area contributed by atoms with E-state index in [1.807, 2.05) is 24.3 Å². The van der Waals surface area contributed by atoms with Crippen LogP contribution in [0.5, 0.6) is 17.2 Å². The van der Waals surface area contributed by atoms with Crippen molar-refractivity contribution < 1.29 is 31.1 Å². The molecule has 0 fully saturated rings. The summed E-state index contributed by atoms with van der Waals surface area (Å²) in [6.07, 6.45) is 13.5. The number of hydrogen-bond acceptors (Lipinski definition) is 3. The average Bonchev–Trinajstić information content (AvgIpc) is 2.86. The van der Waals surface area contributed by atoms with Crippen LogP contribution in [0.2, 0.25) is 0 Å². The molecule has 1 aliphatic carbocycles. The van der Waals surface area contributed by atoms with E-state index < -0.39 is 7.92 Å². The Morgan fingerprint density at radius 1 is 0.756 bits per heavy atom. The molecule has 0 heterocycles. The SMILES string of the molecule is C1=C\CCC[CH-]CC/1.COc1cccc(C)c1[PH+](c1ccc(C)c(C(C)(C)C)c1O)c1c(C)cccc1OC.[CH3+].[Ni]. The number of phenolic OH excluding ortho intramolecular Hbond substituents is 1. The molecule has 0 saturated carbocycles. The van der Waals surface area contributed by atoms with Gasteiger partial charge in [0.15, 0.2) is 17.2 Å². The largest absolute Gasteiger partial charge is 0.504 e. The van der Waals surface area contributed by atoms with E-state index in [9.17, 15) is 5.11 Å². The molecule has 0 bridgehead atoms. The van der Waals surface area contributed by atoms with E-state index in [4.69, 9.17) is 9.47 Å². The third kappa shape index (κ3) is 9.04. The number of allylic oxidation sites excluding steroid dienone is 2. The van der Waals surface area contributed by atoms with Gasteiger partial charge in [0.1, 0.15) is 23.8 Å². The summed E-state index contributed by atoms with van der Waals surface area (Å²) in [7, 11) is 1.77. The summed E-state index contributed by atoms with van der Waals surface area (Å²) in [6, 6.07) is 16.5. The van der Waals surface area contributed by atoms with E-state index in [2.05, 4.69) is 84.4 Å². The minimum atomic E-state index is -1.65. The predicted molar refractivity (Wildman–Crippen MR) is 177 cm³/mol. The van der Waals surface area contributed by atoms with Crippen molar-refractivity contribution in [3.63, 3.8) is 0 Å². The third-order valence-electron chi connectivity index (χ3n) is 7.30. The fraction of sp³-hybridized carbons (Fsp3) is 0.389. The standard InChI is InChI=1S/C27H33O3P.C8H13.CH3.Ni/c1-17-15-16-22(24(28)23(17)27(4,5)6)31(25-18(2)11-9-13-20(25)29-7)26-19(3)12-10-14-21(26)30-8;1-2-4-6-8-7-5-3-1;;/h9-16,28H,1-8H3;1-2,7H,3-6,8H2;1H3;/q;-1;+1;/p+1/b;2-1-;;. The maximum atomic E-state index is 11.7. The molecule has 4 rings (SSSR count). The van der Waals surface area contributed by atoms with Gasteiger partial charge in [-0.2, -0.15) is 12.8 Å². The summed E-state index contributed by atoms with van der Waals surface area (Å²) in [6.45, 7) is 12.7. The van der Waals surface area contributed by atoms with Gasteiger partial charge in [-0.1, -0.05) is 76.1 Å². The molecule has 3 aromatic carbocycles. The summed E-state index contributed by atoms with van der Waals surface area (Å²) < 4.78 is 11.7. The predicted octanol–water partition coefficient (Wildman–Crippen LogP) is 8.28. The number of phenols is 1. The van der Waals surface area contributed by atoms with Gasteiger partial charge in [-0.15, -0.1) is 0 Å². The first-order valence-corrected chi connectivity index (χ1v) is 15.6. The van der Waals surface area contributed by atoms with Gasteiger partial charge < -0.3 is 21.0 Å². The van der Waals surface area contributed by atoms with E-state index in [1.165, 1.54) is 32.1 Å². The van der Waals surface area contributed by atoms with Crippen molar-refractivity contribution in [3.05, 3.63) is 96.8 Å². The van der Waals surface area contributed by atoms with E-state index in [-0.39, 0.29) is 29.3 Å². The van der Waals surface area contributed by atoms with Crippen molar-refractivity contribution in [2.75, 3.05) is 14.2 Å². The van der Waals surface area contributed by atoms with Crippen LogP contribution in [0.1, 0.15) is 75.1 Å². The topological polar surface area (TPSA) is 38.7 Å². The number of methoxy groups -OCH3 is 2. The molecule has 226 valence electrons. The number of aryl methyl sites for hydroxylation is 3. The summed E-state index contributed by atoms with van der Waals surface area (Å²) >= 11 is 0. The van der Waals surface area contributed by atoms with E-state index in [0.717, 1.165) is 49.7 Å². The Morgan fingerprint density at radius 2 is 1.29 bits per heavy atom. The van der Waals surface area contributed by atoms with Crippen molar-refractivity contribution in [1.82, 2.24) is 0 Å². The molecule has 0 spiro atoms. The Hall–Kier alpha value is -2.41. The summed E-state index contributed by atoms with van der Waals surface area (Å²) in [5.41, 5.74) is 4.21. The number of hydrogen-bond donors (Lipinski definition) is 1. The first-order valence-electron chi connectivity index (χ1n) is 14.1. The van der Waals surface area contributed by atoms with Crippen molar-refractivity contribution in [3.8, 4) is 17.2 Å². The molecule has 3 nitrogen and oxygen atoms in total. The van der Waals surface area contributed by atoms with Gasteiger partial charge in [-0.25, -0.2) is 0 Å². The van der Waals surface area contributed by atoms with Crippen molar-refractivity contribution in [2.45, 2.75) is 79.1 Å². The second-order valence-electron chi connectivity index (χ2n) is 11.4. The molecular weight excluding hydrogens is 570 g/mol. The van der Waals surface area contributed by atoms with E-state index in [1.54, 1.807) is 14.2 Å². The minimum Gasteiger partial charge on any atom is -0.504 e. The Morgan fingerprint density at radius 3 is 1.80 bits per heavy atom. The Labute approximate surface area is 261 Å². The van der Waals surface area contributed by atoms with Crippen LogP contribution in [-0.4, -0.2) is 19.3 Å². The number of rotatable bonds is 5.